The molecule has 0 saturated heterocycles. The van der Waals surface area contributed by atoms with Gasteiger partial charge in [-0.15, -0.1) is 10.2 Å². The van der Waals surface area contributed by atoms with Crippen LogP contribution in [0, 0.1) is 0 Å². The van der Waals surface area contributed by atoms with Crippen molar-refractivity contribution >= 4 is 67.1 Å². The minimum atomic E-state index is -4.70. The van der Waals surface area contributed by atoms with Crippen molar-refractivity contribution < 1.29 is 27.6 Å². The summed E-state index contributed by atoms with van der Waals surface area (Å²) in [5.41, 5.74) is 0.474. The van der Waals surface area contributed by atoms with E-state index < -0.39 is 26.7 Å². The molecular weight excluding hydrogens is 565 g/mol. The van der Waals surface area contributed by atoms with E-state index in [1.54, 1.807) is 43.3 Å². The zero-order valence-corrected chi connectivity index (χ0v) is 23.1. The van der Waals surface area contributed by atoms with Gasteiger partial charge in [-0.3, -0.25) is 9.35 Å². The maximum absolute atomic E-state index is 13.2. The lowest BCUT2D eigenvalue weighted by Gasteiger charge is -2.13. The molecule has 1 amide bonds. The standard InChI is InChI=1S/C27H23Cl2N3O6S/c1-3-15-11-17(28)13-23(39(35,36)37)24(15)31-32-25-19-8-6-5-7-16(19)12-20(26(25)33)27(34)30-18-9-10-22(38-4-2)21(29)14-18/h5-14,33H,3-4H2,1-2H3,(H,30,34)(H,35,36,37). The number of aryl methyl sites for hydroxylation is 1. The topological polar surface area (TPSA) is 138 Å². The SMILES string of the molecule is CCOc1ccc(NC(=O)c2cc3ccccc3c(N=Nc3c(CC)cc(Cl)cc3S(=O)(=O)O)c2O)cc1Cl. The molecule has 0 aliphatic rings. The molecule has 0 aliphatic heterocycles. The molecule has 39 heavy (non-hydrogen) atoms. The molecule has 0 heterocycles. The van der Waals surface area contributed by atoms with Gasteiger partial charge in [0.15, 0.2) is 5.75 Å². The summed E-state index contributed by atoms with van der Waals surface area (Å²) in [6, 6.07) is 15.7. The van der Waals surface area contributed by atoms with Gasteiger partial charge in [-0.05, 0) is 60.7 Å². The van der Waals surface area contributed by atoms with E-state index in [0.29, 0.717) is 45.8 Å². The van der Waals surface area contributed by atoms with Crippen molar-refractivity contribution in [3.8, 4) is 11.5 Å². The number of fused-ring (bicyclic) bond motifs is 1. The summed E-state index contributed by atoms with van der Waals surface area (Å²) in [4.78, 5) is 12.7. The van der Waals surface area contributed by atoms with Crippen molar-refractivity contribution in [3.63, 3.8) is 0 Å². The van der Waals surface area contributed by atoms with E-state index in [4.69, 9.17) is 27.9 Å². The molecular formula is C27H23Cl2N3O6S. The number of carbonyl (C=O) groups excluding carboxylic acids is 1. The molecule has 0 unspecified atom stereocenters. The van der Waals surface area contributed by atoms with E-state index in [-0.39, 0.29) is 22.0 Å². The number of nitrogens with one attached hydrogen (secondary N) is 1. The van der Waals surface area contributed by atoms with Crippen LogP contribution < -0.4 is 10.1 Å². The van der Waals surface area contributed by atoms with Crippen LogP contribution in [0.25, 0.3) is 10.8 Å². The van der Waals surface area contributed by atoms with Gasteiger partial charge in [0.25, 0.3) is 16.0 Å². The van der Waals surface area contributed by atoms with Crippen LogP contribution in [-0.4, -0.2) is 30.6 Å². The molecule has 0 fully saturated rings. The molecule has 202 valence electrons. The highest BCUT2D eigenvalue weighted by Gasteiger charge is 2.22. The van der Waals surface area contributed by atoms with Gasteiger partial charge in [0.1, 0.15) is 22.0 Å². The minimum absolute atomic E-state index is 0.0683. The van der Waals surface area contributed by atoms with Gasteiger partial charge in [-0.1, -0.05) is 54.4 Å². The summed E-state index contributed by atoms with van der Waals surface area (Å²) in [5, 5.41) is 23.5. The fourth-order valence-electron chi connectivity index (χ4n) is 3.95. The highest BCUT2D eigenvalue weighted by Crippen LogP contribution is 2.41. The minimum Gasteiger partial charge on any atom is -0.505 e. The summed E-state index contributed by atoms with van der Waals surface area (Å²) >= 11 is 12.3. The number of aromatic hydroxyl groups is 1. The van der Waals surface area contributed by atoms with Gasteiger partial charge >= 0.3 is 0 Å². The number of azo groups is 1. The van der Waals surface area contributed by atoms with E-state index in [2.05, 4.69) is 15.5 Å². The Kier molecular flexibility index (Phi) is 8.41. The van der Waals surface area contributed by atoms with Gasteiger partial charge < -0.3 is 15.2 Å². The molecule has 3 N–H and O–H groups in total. The Morgan fingerprint density at radius 1 is 1.00 bits per heavy atom. The monoisotopic (exact) mass is 587 g/mol. The maximum Gasteiger partial charge on any atom is 0.296 e. The maximum atomic E-state index is 13.2. The van der Waals surface area contributed by atoms with Gasteiger partial charge in [-0.25, -0.2) is 0 Å². The van der Waals surface area contributed by atoms with E-state index in [9.17, 15) is 22.9 Å². The second-order valence-electron chi connectivity index (χ2n) is 8.32. The highest BCUT2D eigenvalue weighted by molar-refractivity contribution is 7.86. The number of amides is 1. The zero-order valence-electron chi connectivity index (χ0n) is 20.8. The Labute approximate surface area is 234 Å². The fraction of sp³-hybridized carbons (Fsp3) is 0.148. The average molecular weight is 588 g/mol. The van der Waals surface area contributed by atoms with Gasteiger partial charge in [0, 0.05) is 16.1 Å². The van der Waals surface area contributed by atoms with Crippen molar-refractivity contribution in [2.24, 2.45) is 10.2 Å². The van der Waals surface area contributed by atoms with Crippen LogP contribution in [0.15, 0.2) is 75.8 Å². The van der Waals surface area contributed by atoms with Crippen LogP contribution in [0.1, 0.15) is 29.8 Å². The van der Waals surface area contributed by atoms with Gasteiger partial charge in [0.2, 0.25) is 0 Å². The lowest BCUT2D eigenvalue weighted by Crippen LogP contribution is -2.12. The number of carbonyl (C=O) groups is 1. The third-order valence-corrected chi connectivity index (χ3v) is 7.14. The molecule has 0 atom stereocenters. The Morgan fingerprint density at radius 3 is 2.38 bits per heavy atom. The summed E-state index contributed by atoms with van der Waals surface area (Å²) in [6.45, 7) is 4.00. The number of hydrogen-bond acceptors (Lipinski definition) is 7. The first-order valence-electron chi connectivity index (χ1n) is 11.7. The molecule has 4 aromatic rings. The van der Waals surface area contributed by atoms with Crippen molar-refractivity contribution in [2.45, 2.75) is 25.2 Å². The Morgan fingerprint density at radius 2 is 1.72 bits per heavy atom. The number of benzene rings is 4. The smallest absolute Gasteiger partial charge is 0.296 e. The van der Waals surface area contributed by atoms with Crippen molar-refractivity contribution in [1.82, 2.24) is 0 Å². The molecule has 4 rings (SSSR count). The average Bonchev–Trinajstić information content (AvgIpc) is 2.89. The van der Waals surface area contributed by atoms with E-state index >= 15 is 0 Å². The molecule has 0 radical (unpaired) electrons. The van der Waals surface area contributed by atoms with E-state index in [1.807, 2.05) is 6.92 Å². The predicted molar refractivity (Wildman–Crippen MR) is 151 cm³/mol. The summed E-state index contributed by atoms with van der Waals surface area (Å²) < 4.78 is 39.2. The van der Waals surface area contributed by atoms with Gasteiger partial charge in [-0.2, -0.15) is 8.42 Å². The summed E-state index contributed by atoms with van der Waals surface area (Å²) in [5.74, 6) is -0.659. The lowest BCUT2D eigenvalue weighted by molar-refractivity contribution is 0.102. The molecule has 9 nitrogen and oxygen atoms in total. The molecule has 0 aliphatic carbocycles. The number of ether oxygens (including phenoxy) is 1. The molecule has 0 saturated carbocycles. The van der Waals surface area contributed by atoms with E-state index in [1.165, 1.54) is 18.2 Å². The molecule has 0 aromatic heterocycles. The van der Waals surface area contributed by atoms with Crippen molar-refractivity contribution in [3.05, 3.63) is 81.8 Å². The zero-order chi connectivity index (χ0) is 28.3. The second kappa shape index (κ2) is 11.6. The van der Waals surface area contributed by atoms with E-state index in [0.717, 1.165) is 6.07 Å². The van der Waals surface area contributed by atoms with Crippen LogP contribution in [0.4, 0.5) is 17.1 Å². The van der Waals surface area contributed by atoms with Crippen LogP contribution in [0.5, 0.6) is 11.5 Å². The number of phenolic OH excluding ortho intramolecular Hbond substituents is 1. The van der Waals surface area contributed by atoms with Gasteiger partial charge in [0.05, 0.1) is 17.2 Å². The number of hydrogen-bond donors (Lipinski definition) is 3. The quantitative estimate of drug-likeness (QED) is 0.142. The largest absolute Gasteiger partial charge is 0.505 e. The van der Waals surface area contributed by atoms with Crippen molar-refractivity contribution in [1.29, 1.82) is 0 Å². The number of halogens is 2. The number of phenols is 1. The Balaban J connectivity index is 1.81. The van der Waals surface area contributed by atoms with Crippen molar-refractivity contribution in [2.75, 3.05) is 11.9 Å². The Hall–Kier alpha value is -3.70. The molecule has 0 spiro atoms. The number of rotatable bonds is 8. The van der Waals surface area contributed by atoms with Crippen LogP contribution in [-0.2, 0) is 16.5 Å². The molecule has 0 bridgehead atoms. The second-order valence-corrected chi connectivity index (χ2v) is 10.5. The number of nitrogens with zero attached hydrogens (tertiary/aromatic N) is 2. The first-order valence-corrected chi connectivity index (χ1v) is 13.9. The normalized spacial score (nSPS) is 11.7. The Bertz CT molecular complexity index is 1720. The first-order chi connectivity index (χ1) is 18.5. The third kappa shape index (κ3) is 6.15. The fourth-order valence-corrected chi connectivity index (χ4v) is 5.18. The lowest BCUT2D eigenvalue weighted by atomic mass is 10.0. The van der Waals surface area contributed by atoms with Crippen LogP contribution in [0.3, 0.4) is 0 Å². The summed E-state index contributed by atoms with van der Waals surface area (Å²) in [6.07, 6.45) is 0.331. The molecule has 12 heteroatoms. The number of anilines is 1. The third-order valence-electron chi connectivity index (χ3n) is 5.76. The predicted octanol–water partition coefficient (Wildman–Crippen LogP) is 7.73. The van der Waals surface area contributed by atoms with Crippen LogP contribution >= 0.6 is 23.2 Å². The molecule has 4 aromatic carbocycles. The summed E-state index contributed by atoms with van der Waals surface area (Å²) in [7, 11) is -4.70. The van der Waals surface area contributed by atoms with Crippen LogP contribution in [0.2, 0.25) is 10.0 Å². The first kappa shape index (κ1) is 28.3. The highest BCUT2D eigenvalue weighted by atomic mass is 35.5.